The summed E-state index contributed by atoms with van der Waals surface area (Å²) in [6.07, 6.45) is 4.05. The van der Waals surface area contributed by atoms with Gasteiger partial charge >= 0.3 is 0 Å². The third-order valence-corrected chi connectivity index (χ3v) is 4.25. The maximum absolute atomic E-state index is 12.0. The second-order valence-electron chi connectivity index (χ2n) is 6.26. The zero-order valence-electron chi connectivity index (χ0n) is 13.0. The van der Waals surface area contributed by atoms with Crippen LogP contribution >= 0.6 is 0 Å². The van der Waals surface area contributed by atoms with E-state index in [4.69, 9.17) is 9.05 Å². The highest BCUT2D eigenvalue weighted by Gasteiger charge is 2.33. The number of nitrogens with one attached hydrogen (secondary N) is 1. The van der Waals surface area contributed by atoms with Crippen LogP contribution in [0.5, 0.6) is 0 Å². The van der Waals surface area contributed by atoms with Crippen LogP contribution in [0, 0.1) is 6.92 Å². The molecule has 2 aromatic heterocycles. The van der Waals surface area contributed by atoms with Gasteiger partial charge in [-0.15, -0.1) is 0 Å². The smallest absolute Gasteiger partial charge is 0.292 e. The summed E-state index contributed by atoms with van der Waals surface area (Å²) < 4.78 is 10.5. The van der Waals surface area contributed by atoms with Crippen LogP contribution in [-0.4, -0.2) is 38.7 Å². The van der Waals surface area contributed by atoms with Gasteiger partial charge in [0.2, 0.25) is 5.89 Å². The summed E-state index contributed by atoms with van der Waals surface area (Å²) in [5.41, 5.74) is 0.889. The van der Waals surface area contributed by atoms with E-state index in [1.165, 1.54) is 0 Å². The Morgan fingerprint density at radius 3 is 2.96 bits per heavy atom. The van der Waals surface area contributed by atoms with E-state index in [0.29, 0.717) is 12.4 Å². The van der Waals surface area contributed by atoms with Crippen LogP contribution in [0.25, 0.3) is 0 Å². The number of nitrogens with zero attached hydrogens (tertiary/aromatic N) is 4. The van der Waals surface area contributed by atoms with Crippen LogP contribution < -0.4 is 5.32 Å². The van der Waals surface area contributed by atoms with Crippen molar-refractivity contribution < 1.29 is 13.8 Å². The van der Waals surface area contributed by atoms with Gasteiger partial charge in [-0.25, -0.2) is 0 Å². The van der Waals surface area contributed by atoms with Crippen LogP contribution in [0.2, 0.25) is 0 Å². The van der Waals surface area contributed by atoms with Crippen molar-refractivity contribution in [2.75, 3.05) is 6.54 Å². The standard InChI is InChI=1S/C15H19N5O3/c1-9-7-11(18-22-9)8-20-6-2-3-12(20)15-17-13(19-23-15)14(21)16-10-4-5-10/h7,10,12H,2-6,8H2,1H3,(H,16,21)/t12-/m1/s1. The van der Waals surface area contributed by atoms with Crippen molar-refractivity contribution in [3.63, 3.8) is 0 Å². The molecule has 1 atom stereocenters. The fourth-order valence-corrected chi connectivity index (χ4v) is 2.94. The molecule has 1 aliphatic heterocycles. The fraction of sp³-hybridized carbons (Fsp3) is 0.600. The number of carbonyl (C=O) groups is 1. The maximum atomic E-state index is 12.0. The normalized spacial score (nSPS) is 21.7. The largest absolute Gasteiger partial charge is 0.361 e. The van der Waals surface area contributed by atoms with Crippen molar-refractivity contribution in [1.82, 2.24) is 25.5 Å². The summed E-state index contributed by atoms with van der Waals surface area (Å²) in [6, 6.07) is 2.24. The number of aryl methyl sites for hydroxylation is 1. The van der Waals surface area contributed by atoms with Crippen LogP contribution in [0.4, 0.5) is 0 Å². The molecule has 8 nitrogen and oxygen atoms in total. The molecule has 8 heteroatoms. The molecule has 2 aliphatic rings. The lowest BCUT2D eigenvalue weighted by atomic mass is 10.2. The average molecular weight is 317 g/mol. The van der Waals surface area contributed by atoms with Crippen LogP contribution in [0.1, 0.15) is 59.7 Å². The van der Waals surface area contributed by atoms with E-state index in [9.17, 15) is 4.79 Å². The molecule has 2 aromatic rings. The number of amides is 1. The third-order valence-electron chi connectivity index (χ3n) is 4.25. The zero-order chi connectivity index (χ0) is 15.8. The van der Waals surface area contributed by atoms with E-state index < -0.39 is 0 Å². The lowest BCUT2D eigenvalue weighted by molar-refractivity contribution is 0.0937. The van der Waals surface area contributed by atoms with Crippen molar-refractivity contribution in [2.24, 2.45) is 0 Å². The van der Waals surface area contributed by atoms with Crippen molar-refractivity contribution in [2.45, 2.75) is 51.2 Å². The number of carbonyl (C=O) groups excluding carboxylic acids is 1. The Labute approximate surface area is 133 Å². The molecule has 0 radical (unpaired) electrons. The van der Waals surface area contributed by atoms with E-state index in [0.717, 1.165) is 43.7 Å². The first kappa shape index (κ1) is 14.4. The predicted octanol–water partition coefficient (Wildman–Crippen LogP) is 1.60. The third kappa shape index (κ3) is 3.12. The molecule has 0 aromatic carbocycles. The minimum absolute atomic E-state index is 0.0296. The molecule has 0 unspecified atom stereocenters. The average Bonchev–Trinajstić information content (AvgIpc) is 2.96. The minimum atomic E-state index is -0.251. The number of hydrogen-bond donors (Lipinski definition) is 1. The maximum Gasteiger partial charge on any atom is 0.292 e. The van der Waals surface area contributed by atoms with E-state index in [-0.39, 0.29) is 23.8 Å². The summed E-state index contributed by atoms with van der Waals surface area (Å²) in [4.78, 5) is 18.5. The second kappa shape index (κ2) is 5.77. The van der Waals surface area contributed by atoms with Gasteiger partial charge in [0.25, 0.3) is 11.7 Å². The lowest BCUT2D eigenvalue weighted by Crippen LogP contribution is -2.27. The Morgan fingerprint density at radius 1 is 1.35 bits per heavy atom. The highest BCUT2D eigenvalue weighted by atomic mass is 16.5. The minimum Gasteiger partial charge on any atom is -0.361 e. The molecule has 1 saturated heterocycles. The summed E-state index contributed by atoms with van der Waals surface area (Å²) >= 11 is 0. The highest BCUT2D eigenvalue weighted by molar-refractivity contribution is 5.90. The quantitative estimate of drug-likeness (QED) is 0.894. The Bertz CT molecular complexity index is 706. The molecule has 3 heterocycles. The van der Waals surface area contributed by atoms with Gasteiger partial charge in [0.1, 0.15) is 5.76 Å². The number of aromatic nitrogens is 3. The van der Waals surface area contributed by atoms with Gasteiger partial charge in [0.15, 0.2) is 0 Å². The van der Waals surface area contributed by atoms with Gasteiger partial charge in [-0.1, -0.05) is 10.3 Å². The van der Waals surface area contributed by atoms with Gasteiger partial charge in [-0.3, -0.25) is 9.69 Å². The predicted molar refractivity (Wildman–Crippen MR) is 78.4 cm³/mol. The molecule has 1 saturated carbocycles. The molecule has 0 spiro atoms. The van der Waals surface area contributed by atoms with Gasteiger partial charge < -0.3 is 14.4 Å². The molecule has 1 aliphatic carbocycles. The van der Waals surface area contributed by atoms with Gasteiger partial charge in [-0.05, 0) is 39.2 Å². The van der Waals surface area contributed by atoms with Gasteiger partial charge in [0, 0.05) is 18.7 Å². The monoisotopic (exact) mass is 317 g/mol. The second-order valence-corrected chi connectivity index (χ2v) is 6.26. The number of likely N-dealkylation sites (tertiary alicyclic amines) is 1. The molecule has 2 fully saturated rings. The fourth-order valence-electron chi connectivity index (χ4n) is 2.94. The van der Waals surface area contributed by atoms with Crippen LogP contribution in [0.3, 0.4) is 0 Å². The first-order valence-corrected chi connectivity index (χ1v) is 8.00. The molecular weight excluding hydrogens is 298 g/mol. The summed E-state index contributed by atoms with van der Waals surface area (Å²) in [5.74, 6) is 1.17. The molecule has 122 valence electrons. The summed E-state index contributed by atoms with van der Waals surface area (Å²) in [5, 5.41) is 10.7. The number of hydrogen-bond acceptors (Lipinski definition) is 7. The van der Waals surface area contributed by atoms with Crippen molar-refractivity contribution >= 4 is 5.91 Å². The van der Waals surface area contributed by atoms with E-state index in [1.807, 2.05) is 13.0 Å². The SMILES string of the molecule is Cc1cc(CN2CCC[C@@H]2c2nc(C(=O)NC3CC3)no2)no1. The van der Waals surface area contributed by atoms with Crippen LogP contribution in [-0.2, 0) is 6.54 Å². The molecule has 1 amide bonds. The number of rotatable bonds is 5. The summed E-state index contributed by atoms with van der Waals surface area (Å²) in [6.45, 7) is 3.48. The lowest BCUT2D eigenvalue weighted by Gasteiger charge is -2.19. The van der Waals surface area contributed by atoms with Gasteiger partial charge in [0.05, 0.1) is 11.7 Å². The zero-order valence-corrected chi connectivity index (χ0v) is 13.0. The van der Waals surface area contributed by atoms with Crippen molar-refractivity contribution in [1.29, 1.82) is 0 Å². The molecular formula is C15H19N5O3. The van der Waals surface area contributed by atoms with E-state index >= 15 is 0 Å². The Kier molecular flexibility index (Phi) is 3.60. The summed E-state index contributed by atoms with van der Waals surface area (Å²) in [7, 11) is 0. The van der Waals surface area contributed by atoms with Crippen molar-refractivity contribution in [3.8, 4) is 0 Å². The van der Waals surface area contributed by atoms with E-state index in [2.05, 4.69) is 25.5 Å². The highest BCUT2D eigenvalue weighted by Crippen LogP contribution is 2.32. The molecule has 23 heavy (non-hydrogen) atoms. The Balaban J connectivity index is 1.45. The van der Waals surface area contributed by atoms with Gasteiger partial charge in [-0.2, -0.15) is 4.98 Å². The first-order valence-electron chi connectivity index (χ1n) is 8.00. The van der Waals surface area contributed by atoms with E-state index in [1.54, 1.807) is 0 Å². The Hall–Kier alpha value is -2.22. The molecule has 4 rings (SSSR count). The van der Waals surface area contributed by atoms with Crippen molar-refractivity contribution in [3.05, 3.63) is 29.2 Å². The first-order chi connectivity index (χ1) is 11.2. The topological polar surface area (TPSA) is 97.3 Å². The molecule has 0 bridgehead atoms. The Morgan fingerprint density at radius 2 is 2.22 bits per heavy atom. The van der Waals surface area contributed by atoms with Crippen LogP contribution in [0.15, 0.2) is 15.1 Å². The molecule has 1 N–H and O–H groups in total.